The summed E-state index contributed by atoms with van der Waals surface area (Å²) >= 11 is 6.13. The van der Waals surface area contributed by atoms with Crippen LogP contribution in [0.5, 0.6) is 5.75 Å². The van der Waals surface area contributed by atoms with E-state index in [0.717, 1.165) is 44.0 Å². The van der Waals surface area contributed by atoms with Gasteiger partial charge in [-0.1, -0.05) is 23.7 Å². The second-order valence-corrected chi connectivity index (χ2v) is 7.92. The summed E-state index contributed by atoms with van der Waals surface area (Å²) in [5.74, 6) is 0.701. The lowest BCUT2D eigenvalue weighted by atomic mass is 10.1. The van der Waals surface area contributed by atoms with Crippen molar-refractivity contribution in [1.82, 2.24) is 24.9 Å². The van der Waals surface area contributed by atoms with E-state index < -0.39 is 0 Å². The van der Waals surface area contributed by atoms with E-state index in [9.17, 15) is 0 Å². The third-order valence-electron chi connectivity index (χ3n) is 5.50. The Hall–Kier alpha value is -2.35. The molecular formula is C22H28ClN5O2. The molecule has 0 spiro atoms. The summed E-state index contributed by atoms with van der Waals surface area (Å²) in [6.45, 7) is 8.99. The number of hydrogen-bond donors (Lipinski definition) is 1. The Kier molecular flexibility index (Phi) is 6.72. The predicted octanol–water partition coefficient (Wildman–Crippen LogP) is 3.78. The standard InChI is InChI=1S/C22H28ClN5O2/c1-3-28-16(2)17(13-24-28)14-27-9-11-30-22(15-27)20-12-18(25-26-20)8-10-29-21-7-5-4-6-19(21)23/h4-7,12-13,22H,3,8-11,14-15H2,1-2H3,(H,25,26). The van der Waals surface area contributed by atoms with E-state index in [1.165, 1.54) is 11.3 Å². The van der Waals surface area contributed by atoms with Gasteiger partial charge in [-0.25, -0.2) is 0 Å². The Morgan fingerprint density at radius 2 is 2.20 bits per heavy atom. The number of aryl methyl sites for hydroxylation is 1. The molecule has 0 bridgehead atoms. The number of benzene rings is 1. The van der Waals surface area contributed by atoms with Gasteiger partial charge in [-0.3, -0.25) is 14.7 Å². The van der Waals surface area contributed by atoms with E-state index in [0.29, 0.717) is 24.0 Å². The van der Waals surface area contributed by atoms with Crippen LogP contribution in [0.25, 0.3) is 0 Å². The zero-order chi connectivity index (χ0) is 20.9. The van der Waals surface area contributed by atoms with Crippen molar-refractivity contribution in [2.45, 2.75) is 39.5 Å². The van der Waals surface area contributed by atoms with Crippen LogP contribution < -0.4 is 4.74 Å². The third-order valence-corrected chi connectivity index (χ3v) is 5.81. The van der Waals surface area contributed by atoms with Gasteiger partial charge >= 0.3 is 0 Å². The molecule has 30 heavy (non-hydrogen) atoms. The van der Waals surface area contributed by atoms with Gasteiger partial charge in [-0.15, -0.1) is 0 Å². The van der Waals surface area contributed by atoms with Gasteiger partial charge in [-0.05, 0) is 32.0 Å². The lowest BCUT2D eigenvalue weighted by Crippen LogP contribution is -2.38. The average molecular weight is 430 g/mol. The van der Waals surface area contributed by atoms with Gasteiger partial charge in [0.1, 0.15) is 11.9 Å². The summed E-state index contributed by atoms with van der Waals surface area (Å²) in [6, 6.07) is 9.57. The molecule has 1 saturated heterocycles. The van der Waals surface area contributed by atoms with Crippen molar-refractivity contribution in [1.29, 1.82) is 0 Å². The second-order valence-electron chi connectivity index (χ2n) is 7.51. The summed E-state index contributed by atoms with van der Waals surface area (Å²) in [4.78, 5) is 2.41. The molecule has 1 aromatic carbocycles. The first-order valence-electron chi connectivity index (χ1n) is 10.4. The van der Waals surface area contributed by atoms with Gasteiger partial charge in [0.05, 0.1) is 30.1 Å². The monoisotopic (exact) mass is 429 g/mol. The molecule has 0 amide bonds. The number of morpholine rings is 1. The van der Waals surface area contributed by atoms with Crippen LogP contribution in [0.1, 0.15) is 35.7 Å². The highest BCUT2D eigenvalue weighted by Crippen LogP contribution is 2.25. The van der Waals surface area contributed by atoms with E-state index in [2.05, 4.69) is 40.1 Å². The Morgan fingerprint density at radius 1 is 1.33 bits per heavy atom. The number of para-hydroxylation sites is 1. The fourth-order valence-corrected chi connectivity index (χ4v) is 3.92. The number of hydrogen-bond acceptors (Lipinski definition) is 5. The SMILES string of the molecule is CCn1ncc(CN2CCOC(c3cc(CCOc4ccccc4Cl)[nH]n3)C2)c1C. The summed E-state index contributed by atoms with van der Waals surface area (Å²) < 4.78 is 13.8. The van der Waals surface area contributed by atoms with E-state index in [1.54, 1.807) is 0 Å². The van der Waals surface area contributed by atoms with Gasteiger partial charge < -0.3 is 9.47 Å². The number of aromatic amines is 1. The van der Waals surface area contributed by atoms with E-state index >= 15 is 0 Å². The zero-order valence-corrected chi connectivity index (χ0v) is 18.2. The third kappa shape index (κ3) is 4.86. The highest BCUT2D eigenvalue weighted by molar-refractivity contribution is 6.32. The van der Waals surface area contributed by atoms with Crippen molar-refractivity contribution in [2.75, 3.05) is 26.3 Å². The van der Waals surface area contributed by atoms with Gasteiger partial charge in [0.15, 0.2) is 0 Å². The number of rotatable bonds is 8. The summed E-state index contributed by atoms with van der Waals surface area (Å²) in [5.41, 5.74) is 4.48. The first kappa shape index (κ1) is 20.9. The highest BCUT2D eigenvalue weighted by atomic mass is 35.5. The van der Waals surface area contributed by atoms with Crippen LogP contribution in [0.2, 0.25) is 5.02 Å². The zero-order valence-electron chi connectivity index (χ0n) is 17.5. The fourth-order valence-electron chi connectivity index (χ4n) is 3.73. The molecule has 0 aliphatic carbocycles. The molecule has 3 heterocycles. The van der Waals surface area contributed by atoms with Crippen molar-refractivity contribution >= 4 is 11.6 Å². The second kappa shape index (κ2) is 9.64. The topological polar surface area (TPSA) is 68.2 Å². The lowest BCUT2D eigenvalue weighted by Gasteiger charge is -2.32. The number of nitrogens with one attached hydrogen (secondary N) is 1. The summed E-state index contributed by atoms with van der Waals surface area (Å²) in [6.07, 6.45) is 2.67. The Morgan fingerprint density at radius 3 is 3.00 bits per heavy atom. The van der Waals surface area contributed by atoms with Crippen LogP contribution in [0.15, 0.2) is 36.5 Å². The van der Waals surface area contributed by atoms with Gasteiger partial charge in [0, 0.05) is 49.6 Å². The number of H-pyrrole nitrogens is 1. The minimum Gasteiger partial charge on any atom is -0.492 e. The molecule has 0 radical (unpaired) electrons. The molecule has 1 aliphatic heterocycles. The Bertz CT molecular complexity index is 970. The van der Waals surface area contributed by atoms with Gasteiger partial charge in [-0.2, -0.15) is 10.2 Å². The first-order valence-corrected chi connectivity index (χ1v) is 10.8. The molecular weight excluding hydrogens is 402 g/mol. The van der Waals surface area contributed by atoms with Crippen LogP contribution >= 0.6 is 11.6 Å². The summed E-state index contributed by atoms with van der Waals surface area (Å²) in [7, 11) is 0. The van der Waals surface area contributed by atoms with E-state index in [1.807, 2.05) is 35.1 Å². The van der Waals surface area contributed by atoms with E-state index in [-0.39, 0.29) is 6.10 Å². The molecule has 1 fully saturated rings. The minimum atomic E-state index is -0.0326. The maximum atomic E-state index is 6.13. The van der Waals surface area contributed by atoms with Crippen LogP contribution in [-0.4, -0.2) is 51.2 Å². The number of aromatic nitrogens is 4. The van der Waals surface area contributed by atoms with Gasteiger partial charge in [0.2, 0.25) is 0 Å². The van der Waals surface area contributed by atoms with Crippen LogP contribution in [0, 0.1) is 6.92 Å². The quantitative estimate of drug-likeness (QED) is 0.590. The molecule has 1 unspecified atom stereocenters. The lowest BCUT2D eigenvalue weighted by molar-refractivity contribution is -0.0350. The average Bonchev–Trinajstić information content (AvgIpc) is 3.37. The highest BCUT2D eigenvalue weighted by Gasteiger charge is 2.25. The molecule has 1 atom stereocenters. The fraction of sp³-hybridized carbons (Fsp3) is 0.455. The number of nitrogens with zero attached hydrogens (tertiary/aromatic N) is 4. The molecule has 8 heteroatoms. The van der Waals surface area contributed by atoms with E-state index in [4.69, 9.17) is 21.1 Å². The maximum Gasteiger partial charge on any atom is 0.137 e. The smallest absolute Gasteiger partial charge is 0.137 e. The van der Waals surface area contributed by atoms with Crippen molar-refractivity contribution < 1.29 is 9.47 Å². The normalized spacial score (nSPS) is 17.4. The largest absolute Gasteiger partial charge is 0.492 e. The Balaban J connectivity index is 1.31. The van der Waals surface area contributed by atoms with Gasteiger partial charge in [0.25, 0.3) is 0 Å². The van der Waals surface area contributed by atoms with Crippen molar-refractivity contribution in [3.05, 3.63) is 64.2 Å². The van der Waals surface area contributed by atoms with Crippen LogP contribution in [-0.2, 0) is 24.2 Å². The van der Waals surface area contributed by atoms with Crippen molar-refractivity contribution in [3.63, 3.8) is 0 Å². The molecule has 1 N–H and O–H groups in total. The molecule has 2 aromatic heterocycles. The Labute approximate surface area is 181 Å². The number of halogens is 1. The first-order chi connectivity index (χ1) is 14.6. The maximum absolute atomic E-state index is 6.13. The molecule has 7 nitrogen and oxygen atoms in total. The summed E-state index contributed by atoms with van der Waals surface area (Å²) in [5, 5.41) is 12.7. The molecule has 3 aromatic rings. The van der Waals surface area contributed by atoms with Crippen molar-refractivity contribution in [3.8, 4) is 5.75 Å². The molecule has 0 saturated carbocycles. The van der Waals surface area contributed by atoms with Crippen LogP contribution in [0.4, 0.5) is 0 Å². The molecule has 4 rings (SSSR count). The molecule has 1 aliphatic rings. The predicted molar refractivity (Wildman–Crippen MR) is 116 cm³/mol. The van der Waals surface area contributed by atoms with Crippen LogP contribution in [0.3, 0.4) is 0 Å². The molecule has 160 valence electrons. The number of ether oxygens (including phenoxy) is 2. The minimum absolute atomic E-state index is 0.0326. The van der Waals surface area contributed by atoms with Crippen molar-refractivity contribution in [2.24, 2.45) is 0 Å².